The van der Waals surface area contributed by atoms with Crippen molar-refractivity contribution in [2.45, 2.75) is 26.3 Å². The van der Waals surface area contributed by atoms with Crippen LogP contribution in [0.25, 0.3) is 0 Å². The number of rotatable bonds is 8. The third-order valence-electron chi connectivity index (χ3n) is 3.35. The number of nitrogens with one attached hydrogen (secondary N) is 1. The van der Waals surface area contributed by atoms with Gasteiger partial charge in [0.2, 0.25) is 5.91 Å². The minimum atomic E-state index is -0.760. The molecule has 22 heavy (non-hydrogen) atoms. The first kappa shape index (κ1) is 18.5. The van der Waals surface area contributed by atoms with E-state index in [0.29, 0.717) is 5.75 Å². The van der Waals surface area contributed by atoms with E-state index in [1.54, 1.807) is 6.92 Å². The lowest BCUT2D eigenvalue weighted by Gasteiger charge is -2.32. The van der Waals surface area contributed by atoms with Crippen molar-refractivity contribution in [1.29, 1.82) is 0 Å². The highest BCUT2D eigenvalue weighted by molar-refractivity contribution is 7.99. The highest BCUT2D eigenvalue weighted by Crippen LogP contribution is 2.34. The molecule has 1 saturated carbocycles. The molecule has 0 saturated heterocycles. The van der Waals surface area contributed by atoms with Crippen LogP contribution in [-0.2, 0) is 28.7 Å². The van der Waals surface area contributed by atoms with E-state index in [-0.39, 0.29) is 42.4 Å². The molecule has 1 aliphatic carbocycles. The van der Waals surface area contributed by atoms with Crippen LogP contribution in [0.15, 0.2) is 0 Å². The number of carbonyl (C=O) groups is 4. The summed E-state index contributed by atoms with van der Waals surface area (Å²) in [6.45, 7) is 3.32. The molecule has 7 nitrogen and oxygen atoms in total. The second-order valence-electron chi connectivity index (χ2n) is 4.95. The number of thioether (sulfide) groups is 1. The van der Waals surface area contributed by atoms with Crippen LogP contribution in [0.1, 0.15) is 20.3 Å². The molecular formula is C14H21NO6S. The lowest BCUT2D eigenvalue weighted by Crippen LogP contribution is -2.45. The van der Waals surface area contributed by atoms with E-state index < -0.39 is 17.9 Å². The Bertz CT molecular complexity index is 453. The number of ketones is 1. The van der Waals surface area contributed by atoms with Gasteiger partial charge in [0, 0.05) is 30.8 Å². The van der Waals surface area contributed by atoms with Crippen molar-refractivity contribution < 1.29 is 28.7 Å². The Morgan fingerprint density at radius 2 is 2.09 bits per heavy atom. The molecule has 3 atom stereocenters. The lowest BCUT2D eigenvalue weighted by molar-refractivity contribution is -0.159. The van der Waals surface area contributed by atoms with Crippen LogP contribution in [0.3, 0.4) is 0 Å². The van der Waals surface area contributed by atoms with E-state index in [0.717, 1.165) is 0 Å². The molecule has 1 N–H and O–H groups in total. The first-order valence-electron chi connectivity index (χ1n) is 7.02. The number of ether oxygens (including phenoxy) is 2. The van der Waals surface area contributed by atoms with E-state index >= 15 is 0 Å². The molecule has 1 fully saturated rings. The van der Waals surface area contributed by atoms with Crippen molar-refractivity contribution in [3.05, 3.63) is 0 Å². The van der Waals surface area contributed by atoms with Gasteiger partial charge in [-0.05, 0) is 6.92 Å². The van der Waals surface area contributed by atoms with Gasteiger partial charge in [0.05, 0.1) is 19.6 Å². The quantitative estimate of drug-likeness (QED) is 0.633. The summed E-state index contributed by atoms with van der Waals surface area (Å²) in [7, 11) is 1.24. The van der Waals surface area contributed by atoms with Gasteiger partial charge in [0.25, 0.3) is 0 Å². The monoisotopic (exact) mass is 331 g/mol. The summed E-state index contributed by atoms with van der Waals surface area (Å²) in [5.74, 6) is -1.26. The Morgan fingerprint density at radius 3 is 2.59 bits per heavy atom. The highest BCUT2D eigenvalue weighted by Gasteiger charge is 2.45. The Morgan fingerprint density at radius 1 is 1.41 bits per heavy atom. The van der Waals surface area contributed by atoms with Gasteiger partial charge in [-0.1, -0.05) is 0 Å². The van der Waals surface area contributed by atoms with Gasteiger partial charge in [-0.25, -0.2) is 4.79 Å². The van der Waals surface area contributed by atoms with Crippen LogP contribution in [0.5, 0.6) is 0 Å². The van der Waals surface area contributed by atoms with Crippen molar-refractivity contribution in [3.8, 4) is 0 Å². The Kier molecular flexibility index (Phi) is 7.37. The summed E-state index contributed by atoms with van der Waals surface area (Å²) in [4.78, 5) is 45.9. The van der Waals surface area contributed by atoms with E-state index in [2.05, 4.69) is 10.1 Å². The van der Waals surface area contributed by atoms with Gasteiger partial charge in [0.15, 0.2) is 0 Å². The maximum atomic E-state index is 11.7. The summed E-state index contributed by atoms with van der Waals surface area (Å²) >= 11 is 1.33. The fraction of sp³-hybridized carbons (Fsp3) is 0.714. The molecule has 8 heteroatoms. The molecule has 1 aliphatic rings. The third-order valence-corrected chi connectivity index (χ3v) is 4.52. The molecule has 1 rings (SSSR count). The normalized spacial score (nSPS) is 21.5. The summed E-state index contributed by atoms with van der Waals surface area (Å²) in [5.41, 5.74) is 0. The Labute approximate surface area is 133 Å². The smallest absolute Gasteiger partial charge is 0.329 e. The number of methoxy groups -OCH3 is 1. The fourth-order valence-corrected chi connectivity index (χ4v) is 3.41. The number of Topliss-reactive ketones (excluding diaryl/α,β-unsaturated/α-hetero) is 1. The molecule has 0 aromatic heterocycles. The molecule has 0 spiro atoms. The average molecular weight is 331 g/mol. The third kappa shape index (κ3) is 5.01. The van der Waals surface area contributed by atoms with Crippen LogP contribution in [0.4, 0.5) is 0 Å². The topological polar surface area (TPSA) is 98.8 Å². The predicted molar refractivity (Wildman–Crippen MR) is 80.2 cm³/mol. The maximum absolute atomic E-state index is 11.7. The Balaban J connectivity index is 2.46. The second-order valence-corrected chi connectivity index (χ2v) is 6.02. The first-order chi connectivity index (χ1) is 10.4. The van der Waals surface area contributed by atoms with Gasteiger partial charge in [-0.15, -0.1) is 0 Å². The molecule has 0 aromatic carbocycles. The predicted octanol–water partition coefficient (Wildman–Crippen LogP) is 0.166. The summed E-state index contributed by atoms with van der Waals surface area (Å²) in [5, 5.41) is 2.49. The first-order valence-corrected chi connectivity index (χ1v) is 8.18. The SMILES string of the molecule is CCOC(=O)C1CC(=O)C1CSC[C@H](NC(C)=O)C(=O)OC. The van der Waals surface area contributed by atoms with E-state index in [9.17, 15) is 19.2 Å². The molecule has 2 unspecified atom stereocenters. The highest BCUT2D eigenvalue weighted by atomic mass is 32.2. The van der Waals surface area contributed by atoms with Crippen LogP contribution in [-0.4, -0.2) is 54.9 Å². The van der Waals surface area contributed by atoms with Gasteiger partial charge < -0.3 is 14.8 Å². The standard InChI is InChI=1S/C14H21NO6S/c1-4-21-13(18)9-5-12(17)10(9)6-22-7-11(14(19)20-3)15-8(2)16/h9-11H,4-7H2,1-3H3,(H,15,16)/t9?,10?,11-/m0/s1. The van der Waals surface area contributed by atoms with Crippen LogP contribution in [0, 0.1) is 11.8 Å². The number of amides is 1. The lowest BCUT2D eigenvalue weighted by atomic mass is 9.73. The second kappa shape index (κ2) is 8.77. The molecule has 0 aliphatic heterocycles. The Hall–Kier alpha value is -1.57. The van der Waals surface area contributed by atoms with Crippen molar-refractivity contribution in [2.75, 3.05) is 25.2 Å². The van der Waals surface area contributed by atoms with Crippen LogP contribution in [0.2, 0.25) is 0 Å². The van der Waals surface area contributed by atoms with Gasteiger partial charge >= 0.3 is 11.9 Å². The van der Waals surface area contributed by atoms with Gasteiger partial charge in [-0.2, -0.15) is 11.8 Å². The minimum Gasteiger partial charge on any atom is -0.467 e. The van der Waals surface area contributed by atoms with Crippen LogP contribution < -0.4 is 5.32 Å². The molecular weight excluding hydrogens is 310 g/mol. The zero-order valence-electron chi connectivity index (χ0n) is 12.9. The minimum absolute atomic E-state index is 0.0275. The molecule has 0 bridgehead atoms. The molecule has 0 heterocycles. The molecule has 124 valence electrons. The van der Waals surface area contributed by atoms with E-state index in [1.807, 2.05) is 0 Å². The van der Waals surface area contributed by atoms with Gasteiger partial charge in [-0.3, -0.25) is 14.4 Å². The molecule has 0 aromatic rings. The van der Waals surface area contributed by atoms with Crippen molar-refractivity contribution in [2.24, 2.45) is 11.8 Å². The zero-order valence-corrected chi connectivity index (χ0v) is 13.7. The summed E-state index contributed by atoms with van der Waals surface area (Å²) in [6.07, 6.45) is 0.218. The van der Waals surface area contributed by atoms with E-state index in [4.69, 9.17) is 4.74 Å². The number of esters is 2. The van der Waals surface area contributed by atoms with Gasteiger partial charge in [0.1, 0.15) is 11.8 Å². The summed E-state index contributed by atoms with van der Waals surface area (Å²) in [6, 6.07) is -0.760. The van der Waals surface area contributed by atoms with Crippen molar-refractivity contribution in [3.63, 3.8) is 0 Å². The van der Waals surface area contributed by atoms with E-state index in [1.165, 1.54) is 25.8 Å². The molecule has 0 radical (unpaired) electrons. The fourth-order valence-electron chi connectivity index (χ4n) is 2.15. The largest absolute Gasteiger partial charge is 0.467 e. The number of carbonyl (C=O) groups excluding carboxylic acids is 4. The van der Waals surface area contributed by atoms with Crippen molar-refractivity contribution >= 4 is 35.4 Å². The maximum Gasteiger partial charge on any atom is 0.329 e. The van der Waals surface area contributed by atoms with Crippen molar-refractivity contribution in [1.82, 2.24) is 5.32 Å². The number of hydrogen-bond acceptors (Lipinski definition) is 7. The number of hydrogen-bond donors (Lipinski definition) is 1. The molecule has 1 amide bonds. The summed E-state index contributed by atoms with van der Waals surface area (Å²) < 4.78 is 9.54. The average Bonchev–Trinajstić information content (AvgIpc) is 2.46. The zero-order chi connectivity index (χ0) is 16.7. The van der Waals surface area contributed by atoms with Crippen LogP contribution >= 0.6 is 11.8 Å².